The number of phenols is 1. The Balaban J connectivity index is 1.70. The van der Waals surface area contributed by atoms with Gasteiger partial charge >= 0.3 is 6.18 Å². The Hall–Kier alpha value is -2.55. The van der Waals surface area contributed by atoms with Crippen LogP contribution in [-0.4, -0.2) is 37.6 Å². The number of ether oxygens (including phenoxy) is 1. The van der Waals surface area contributed by atoms with E-state index in [1.54, 1.807) is 18.2 Å². The molecule has 4 rings (SSSR count). The molecule has 0 aromatic heterocycles. The van der Waals surface area contributed by atoms with Crippen molar-refractivity contribution in [2.45, 2.75) is 12.6 Å². The first-order chi connectivity index (χ1) is 16.2. The van der Waals surface area contributed by atoms with Crippen LogP contribution >= 0.6 is 27.5 Å². The molecule has 1 aliphatic rings. The molecule has 4 nitrogen and oxygen atoms in total. The number of anilines is 1. The lowest BCUT2D eigenvalue weighted by molar-refractivity contribution is -0.137. The minimum Gasteiger partial charge on any atom is -0.506 e. The number of alkyl halides is 3. The molecule has 0 saturated carbocycles. The number of aliphatic imine (C=N–C) groups is 1. The van der Waals surface area contributed by atoms with Gasteiger partial charge in [0.2, 0.25) is 0 Å². The van der Waals surface area contributed by atoms with Gasteiger partial charge in [-0.3, -0.25) is 4.99 Å². The Morgan fingerprint density at radius 3 is 2.53 bits per heavy atom. The molecular formula is C25H21BrClF3N2O2. The van der Waals surface area contributed by atoms with Gasteiger partial charge in [-0.1, -0.05) is 29.8 Å². The van der Waals surface area contributed by atoms with Gasteiger partial charge in [-0.05, 0) is 69.9 Å². The van der Waals surface area contributed by atoms with Gasteiger partial charge in [0.25, 0.3) is 0 Å². The molecule has 0 bridgehead atoms. The molecular weight excluding hydrogens is 533 g/mol. The maximum atomic E-state index is 13.4. The van der Waals surface area contributed by atoms with E-state index < -0.39 is 11.7 Å². The molecule has 1 N–H and O–H groups in total. The van der Waals surface area contributed by atoms with Crippen molar-refractivity contribution in [3.05, 3.63) is 86.3 Å². The molecule has 1 heterocycles. The molecule has 0 atom stereocenters. The largest absolute Gasteiger partial charge is 0.506 e. The van der Waals surface area contributed by atoms with Crippen LogP contribution in [0, 0.1) is 0 Å². The van der Waals surface area contributed by atoms with E-state index in [1.807, 2.05) is 23.1 Å². The molecule has 1 fully saturated rings. The maximum Gasteiger partial charge on any atom is 0.416 e. The Morgan fingerprint density at radius 2 is 1.82 bits per heavy atom. The first-order valence-corrected chi connectivity index (χ1v) is 11.7. The third kappa shape index (κ3) is 5.74. The Kier molecular flexibility index (Phi) is 7.50. The van der Waals surface area contributed by atoms with E-state index in [1.165, 1.54) is 12.3 Å². The summed E-state index contributed by atoms with van der Waals surface area (Å²) in [5, 5.41) is 11.2. The second-order valence-corrected chi connectivity index (χ2v) is 9.10. The fraction of sp³-hybridized carbons (Fsp3) is 0.240. The van der Waals surface area contributed by atoms with Gasteiger partial charge < -0.3 is 14.7 Å². The van der Waals surface area contributed by atoms with Crippen molar-refractivity contribution in [2.24, 2.45) is 4.99 Å². The Labute approximate surface area is 208 Å². The summed E-state index contributed by atoms with van der Waals surface area (Å²) in [5.41, 5.74) is 2.12. The fourth-order valence-corrected chi connectivity index (χ4v) is 4.48. The number of hydrogen-bond donors (Lipinski definition) is 1. The van der Waals surface area contributed by atoms with E-state index in [4.69, 9.17) is 16.3 Å². The summed E-state index contributed by atoms with van der Waals surface area (Å²) in [7, 11) is 0. The fourth-order valence-electron chi connectivity index (χ4n) is 3.75. The lowest BCUT2D eigenvalue weighted by Gasteiger charge is -2.30. The van der Waals surface area contributed by atoms with E-state index in [9.17, 15) is 18.3 Å². The van der Waals surface area contributed by atoms with E-state index >= 15 is 0 Å². The van der Waals surface area contributed by atoms with E-state index in [-0.39, 0.29) is 11.4 Å². The predicted molar refractivity (Wildman–Crippen MR) is 132 cm³/mol. The second kappa shape index (κ2) is 10.4. The quantitative estimate of drug-likeness (QED) is 0.346. The van der Waals surface area contributed by atoms with Crippen LogP contribution in [0.4, 0.5) is 24.5 Å². The highest BCUT2D eigenvalue weighted by molar-refractivity contribution is 9.10. The van der Waals surface area contributed by atoms with E-state index in [0.29, 0.717) is 53.5 Å². The second-order valence-electron chi connectivity index (χ2n) is 7.84. The third-order valence-corrected chi connectivity index (χ3v) is 6.48. The van der Waals surface area contributed by atoms with Gasteiger partial charge in [-0.15, -0.1) is 0 Å². The summed E-state index contributed by atoms with van der Waals surface area (Å²) < 4.78 is 45.9. The van der Waals surface area contributed by atoms with E-state index in [2.05, 4.69) is 20.9 Å². The Morgan fingerprint density at radius 1 is 1.09 bits per heavy atom. The van der Waals surface area contributed by atoms with Crippen LogP contribution in [0.25, 0.3) is 0 Å². The Bertz CT molecular complexity index is 1210. The van der Waals surface area contributed by atoms with Crippen molar-refractivity contribution >= 4 is 45.1 Å². The van der Waals surface area contributed by atoms with Crippen molar-refractivity contribution < 1.29 is 23.0 Å². The van der Waals surface area contributed by atoms with Gasteiger partial charge in [0.05, 0.1) is 34.6 Å². The van der Waals surface area contributed by atoms with E-state index in [0.717, 1.165) is 23.3 Å². The van der Waals surface area contributed by atoms with Crippen LogP contribution in [0.3, 0.4) is 0 Å². The number of aromatic hydroxyl groups is 1. The number of rotatable bonds is 5. The summed E-state index contributed by atoms with van der Waals surface area (Å²) >= 11 is 9.63. The zero-order valence-corrected chi connectivity index (χ0v) is 20.3. The summed E-state index contributed by atoms with van der Waals surface area (Å²) in [6.07, 6.45) is -2.59. The number of halogens is 5. The highest BCUT2D eigenvalue weighted by atomic mass is 79.9. The van der Waals surface area contributed by atoms with Crippen molar-refractivity contribution in [2.75, 3.05) is 31.2 Å². The van der Waals surface area contributed by atoms with Gasteiger partial charge in [0.1, 0.15) is 5.75 Å². The zero-order valence-electron chi connectivity index (χ0n) is 17.9. The summed E-state index contributed by atoms with van der Waals surface area (Å²) in [4.78, 5) is 6.32. The average molecular weight is 554 g/mol. The molecule has 3 aromatic rings. The molecule has 34 heavy (non-hydrogen) atoms. The van der Waals surface area contributed by atoms with Crippen molar-refractivity contribution in [3.63, 3.8) is 0 Å². The van der Waals surface area contributed by atoms with Crippen molar-refractivity contribution in [1.29, 1.82) is 0 Å². The number of benzene rings is 3. The molecule has 9 heteroatoms. The van der Waals surface area contributed by atoms with Crippen LogP contribution in [-0.2, 0) is 17.3 Å². The average Bonchev–Trinajstić information content (AvgIpc) is 2.81. The first kappa shape index (κ1) is 24.6. The zero-order chi connectivity index (χ0) is 24.3. The van der Waals surface area contributed by atoms with Crippen LogP contribution < -0.4 is 4.90 Å². The summed E-state index contributed by atoms with van der Waals surface area (Å²) in [6, 6.07) is 14.5. The van der Waals surface area contributed by atoms with Crippen LogP contribution in [0.15, 0.2) is 64.1 Å². The van der Waals surface area contributed by atoms with Crippen molar-refractivity contribution in [1.82, 2.24) is 0 Å². The van der Waals surface area contributed by atoms with Gasteiger partial charge in [-0.25, -0.2) is 0 Å². The SMILES string of the molecule is Oc1c(Br)cc(Cc2ccccc2Cl)cc1C=Nc1cc(C(F)(F)F)ccc1N1CCOCC1. The summed E-state index contributed by atoms with van der Waals surface area (Å²) in [6.45, 7) is 2.08. The number of morpholine rings is 1. The maximum absolute atomic E-state index is 13.4. The number of nitrogens with zero attached hydrogens (tertiary/aromatic N) is 2. The number of phenolic OH excluding ortho intramolecular Hbond substituents is 1. The molecule has 1 aliphatic heterocycles. The standard InChI is InChI=1S/C25H21BrClF3N2O2/c26-20-13-16(11-17-3-1-2-4-21(17)27)12-18(24(20)33)15-31-22-14-19(25(28,29)30)5-6-23(22)32-7-9-34-10-8-32/h1-6,12-15,33H,7-11H2. The van der Waals surface area contributed by atoms with Crippen molar-refractivity contribution in [3.8, 4) is 5.75 Å². The first-order valence-electron chi connectivity index (χ1n) is 10.5. The molecule has 1 saturated heterocycles. The minimum absolute atomic E-state index is 0.0495. The lowest BCUT2D eigenvalue weighted by Crippen LogP contribution is -2.36. The molecule has 0 spiro atoms. The van der Waals surface area contributed by atoms with Crippen LogP contribution in [0.2, 0.25) is 5.02 Å². The monoisotopic (exact) mass is 552 g/mol. The molecule has 0 unspecified atom stereocenters. The van der Waals surface area contributed by atoms with Gasteiger partial charge in [0, 0.05) is 29.9 Å². The number of hydrogen-bond acceptors (Lipinski definition) is 4. The highest BCUT2D eigenvalue weighted by Gasteiger charge is 2.31. The van der Waals surface area contributed by atoms with Crippen LogP contribution in [0.5, 0.6) is 5.75 Å². The lowest BCUT2D eigenvalue weighted by atomic mass is 10.0. The molecule has 0 aliphatic carbocycles. The smallest absolute Gasteiger partial charge is 0.416 e. The molecule has 0 amide bonds. The minimum atomic E-state index is -4.49. The van der Waals surface area contributed by atoms with Crippen LogP contribution in [0.1, 0.15) is 22.3 Å². The third-order valence-electron chi connectivity index (χ3n) is 5.50. The topological polar surface area (TPSA) is 45.1 Å². The summed E-state index contributed by atoms with van der Waals surface area (Å²) in [5.74, 6) is -0.0495. The van der Waals surface area contributed by atoms with Gasteiger partial charge in [-0.2, -0.15) is 13.2 Å². The predicted octanol–water partition coefficient (Wildman–Crippen LogP) is 7.00. The normalized spacial score (nSPS) is 14.7. The van der Waals surface area contributed by atoms with Gasteiger partial charge in [0.15, 0.2) is 0 Å². The highest BCUT2D eigenvalue weighted by Crippen LogP contribution is 2.38. The molecule has 3 aromatic carbocycles. The molecule has 178 valence electrons. The molecule has 0 radical (unpaired) electrons.